The van der Waals surface area contributed by atoms with E-state index in [1.54, 1.807) is 0 Å². The highest BCUT2D eigenvalue weighted by molar-refractivity contribution is 5.83. The molecule has 1 aliphatic heterocycles. The molecule has 1 atom stereocenters. The molecule has 0 aromatic heterocycles. The Morgan fingerprint density at radius 1 is 1.21 bits per heavy atom. The van der Waals surface area contributed by atoms with Gasteiger partial charge in [0.25, 0.3) is 0 Å². The standard InChI is InChI=1S/C16H22N2O/c1-17-11-12-18(15-7-3-2-6-14(15)17)10-9-13-5-4-8-16(13)19/h2-3,6-7,13H,4-5,8-12H2,1H3. The van der Waals surface area contributed by atoms with Gasteiger partial charge in [-0.3, -0.25) is 4.79 Å². The molecule has 1 aromatic carbocycles. The number of rotatable bonds is 3. The molecule has 3 rings (SSSR count). The smallest absolute Gasteiger partial charge is 0.136 e. The van der Waals surface area contributed by atoms with Crippen LogP contribution in [0.15, 0.2) is 24.3 Å². The molecule has 1 saturated carbocycles. The monoisotopic (exact) mass is 258 g/mol. The van der Waals surface area contributed by atoms with Crippen LogP contribution < -0.4 is 9.80 Å². The number of likely N-dealkylation sites (N-methyl/N-ethyl adjacent to an activating group) is 1. The summed E-state index contributed by atoms with van der Waals surface area (Å²) in [5.41, 5.74) is 2.63. The maximum atomic E-state index is 11.7. The Kier molecular flexibility index (Phi) is 3.45. The van der Waals surface area contributed by atoms with Crippen molar-refractivity contribution in [3.63, 3.8) is 0 Å². The van der Waals surface area contributed by atoms with E-state index in [9.17, 15) is 4.79 Å². The van der Waals surface area contributed by atoms with Gasteiger partial charge in [0.15, 0.2) is 0 Å². The van der Waals surface area contributed by atoms with Gasteiger partial charge in [-0.1, -0.05) is 12.1 Å². The lowest BCUT2D eigenvalue weighted by molar-refractivity contribution is -0.120. The van der Waals surface area contributed by atoms with Crippen LogP contribution in [0.25, 0.3) is 0 Å². The molecule has 1 fully saturated rings. The zero-order valence-corrected chi connectivity index (χ0v) is 11.6. The van der Waals surface area contributed by atoms with Gasteiger partial charge in [0, 0.05) is 39.0 Å². The van der Waals surface area contributed by atoms with Gasteiger partial charge >= 0.3 is 0 Å². The number of fused-ring (bicyclic) bond motifs is 1. The van der Waals surface area contributed by atoms with Crippen molar-refractivity contribution in [2.24, 2.45) is 5.92 Å². The average molecular weight is 258 g/mol. The van der Waals surface area contributed by atoms with Crippen molar-refractivity contribution in [3.05, 3.63) is 24.3 Å². The van der Waals surface area contributed by atoms with Crippen molar-refractivity contribution >= 4 is 17.2 Å². The Balaban J connectivity index is 1.69. The van der Waals surface area contributed by atoms with Crippen LogP contribution in [-0.2, 0) is 4.79 Å². The highest BCUT2D eigenvalue weighted by Crippen LogP contribution is 2.33. The molecule has 0 bridgehead atoms. The number of Topliss-reactive ketones (excluding diaryl/α,β-unsaturated/α-hetero) is 1. The molecule has 0 saturated heterocycles. The zero-order chi connectivity index (χ0) is 13.2. The van der Waals surface area contributed by atoms with E-state index in [4.69, 9.17) is 0 Å². The molecule has 2 aliphatic rings. The third-order valence-electron chi connectivity index (χ3n) is 4.52. The number of hydrogen-bond acceptors (Lipinski definition) is 3. The van der Waals surface area contributed by atoms with Crippen LogP contribution in [-0.4, -0.2) is 32.5 Å². The minimum absolute atomic E-state index is 0.326. The lowest BCUT2D eigenvalue weighted by Gasteiger charge is -2.37. The second-order valence-electron chi connectivity index (χ2n) is 5.74. The van der Waals surface area contributed by atoms with Gasteiger partial charge in [-0.05, 0) is 31.4 Å². The Labute approximate surface area is 115 Å². The highest BCUT2D eigenvalue weighted by Gasteiger charge is 2.26. The van der Waals surface area contributed by atoms with Gasteiger partial charge in [0.05, 0.1) is 11.4 Å². The van der Waals surface area contributed by atoms with Crippen molar-refractivity contribution in [2.75, 3.05) is 36.5 Å². The highest BCUT2D eigenvalue weighted by atomic mass is 16.1. The largest absolute Gasteiger partial charge is 0.371 e. The van der Waals surface area contributed by atoms with Crippen LogP contribution in [0.2, 0.25) is 0 Å². The van der Waals surface area contributed by atoms with Gasteiger partial charge in [-0.2, -0.15) is 0 Å². The maximum absolute atomic E-state index is 11.7. The quantitative estimate of drug-likeness (QED) is 0.833. The Bertz CT molecular complexity index is 472. The Hall–Kier alpha value is -1.51. The van der Waals surface area contributed by atoms with Crippen molar-refractivity contribution in [1.29, 1.82) is 0 Å². The first-order valence-electron chi connectivity index (χ1n) is 7.33. The number of anilines is 2. The molecule has 1 aromatic rings. The van der Waals surface area contributed by atoms with E-state index in [0.29, 0.717) is 11.7 Å². The van der Waals surface area contributed by atoms with Crippen LogP contribution in [0.3, 0.4) is 0 Å². The first kappa shape index (κ1) is 12.5. The van der Waals surface area contributed by atoms with E-state index in [1.807, 2.05) is 0 Å². The summed E-state index contributed by atoms with van der Waals surface area (Å²) in [6.45, 7) is 3.14. The summed E-state index contributed by atoms with van der Waals surface area (Å²) in [5.74, 6) is 0.814. The summed E-state index contributed by atoms with van der Waals surface area (Å²) in [4.78, 5) is 16.5. The Morgan fingerprint density at radius 2 is 2.00 bits per heavy atom. The predicted octanol–water partition coefficient (Wildman–Crippen LogP) is 2.70. The van der Waals surface area contributed by atoms with E-state index in [1.165, 1.54) is 11.4 Å². The molecule has 0 amide bonds. The lowest BCUT2D eigenvalue weighted by atomic mass is 10.0. The van der Waals surface area contributed by atoms with Gasteiger partial charge in [-0.15, -0.1) is 0 Å². The number of hydrogen-bond donors (Lipinski definition) is 0. The first-order valence-corrected chi connectivity index (χ1v) is 7.33. The third-order valence-corrected chi connectivity index (χ3v) is 4.52. The van der Waals surface area contributed by atoms with Crippen molar-refractivity contribution < 1.29 is 4.79 Å². The van der Waals surface area contributed by atoms with Crippen LogP contribution >= 0.6 is 0 Å². The second kappa shape index (κ2) is 5.24. The summed E-state index contributed by atoms with van der Waals surface area (Å²) in [6.07, 6.45) is 4.04. The van der Waals surface area contributed by atoms with E-state index in [2.05, 4.69) is 41.1 Å². The molecule has 19 heavy (non-hydrogen) atoms. The summed E-state index contributed by atoms with van der Waals surface area (Å²) < 4.78 is 0. The van der Waals surface area contributed by atoms with Crippen LogP contribution in [0, 0.1) is 5.92 Å². The molecule has 1 unspecified atom stereocenters. The molecule has 0 N–H and O–H groups in total. The lowest BCUT2D eigenvalue weighted by Crippen LogP contribution is -2.40. The SMILES string of the molecule is CN1CCN(CCC2CCCC2=O)c2ccccc21. The zero-order valence-electron chi connectivity index (χ0n) is 11.6. The second-order valence-corrected chi connectivity index (χ2v) is 5.74. The molecule has 3 heteroatoms. The number of benzene rings is 1. The van der Waals surface area contributed by atoms with Gasteiger partial charge < -0.3 is 9.80 Å². The molecular weight excluding hydrogens is 236 g/mol. The third kappa shape index (κ3) is 2.46. The number of nitrogens with zero attached hydrogens (tertiary/aromatic N) is 2. The van der Waals surface area contributed by atoms with Crippen LogP contribution in [0.4, 0.5) is 11.4 Å². The van der Waals surface area contributed by atoms with Gasteiger partial charge in [0.2, 0.25) is 0 Å². The summed E-state index contributed by atoms with van der Waals surface area (Å²) >= 11 is 0. The van der Waals surface area contributed by atoms with Crippen LogP contribution in [0.1, 0.15) is 25.7 Å². The van der Waals surface area contributed by atoms with E-state index < -0.39 is 0 Å². The Morgan fingerprint density at radius 3 is 2.74 bits per heavy atom. The molecule has 1 heterocycles. The van der Waals surface area contributed by atoms with Crippen molar-refractivity contribution in [3.8, 4) is 0 Å². The number of carbonyl (C=O) groups excluding carboxylic acids is 1. The fourth-order valence-corrected chi connectivity index (χ4v) is 3.30. The minimum atomic E-state index is 0.326. The van der Waals surface area contributed by atoms with Crippen LogP contribution in [0.5, 0.6) is 0 Å². The molecule has 0 radical (unpaired) electrons. The van der Waals surface area contributed by atoms with E-state index in [0.717, 1.165) is 45.3 Å². The fraction of sp³-hybridized carbons (Fsp3) is 0.562. The average Bonchev–Trinajstić information content (AvgIpc) is 2.84. The minimum Gasteiger partial charge on any atom is -0.371 e. The summed E-state index contributed by atoms with van der Waals surface area (Å²) in [5, 5.41) is 0. The summed E-state index contributed by atoms with van der Waals surface area (Å²) in [7, 11) is 2.15. The molecule has 3 nitrogen and oxygen atoms in total. The number of para-hydroxylation sites is 2. The first-order chi connectivity index (χ1) is 9.25. The van der Waals surface area contributed by atoms with Gasteiger partial charge in [0.1, 0.15) is 5.78 Å². The maximum Gasteiger partial charge on any atom is 0.136 e. The topological polar surface area (TPSA) is 23.6 Å². The predicted molar refractivity (Wildman–Crippen MR) is 78.9 cm³/mol. The molecule has 1 aliphatic carbocycles. The van der Waals surface area contributed by atoms with Crippen molar-refractivity contribution in [2.45, 2.75) is 25.7 Å². The molecular formula is C16H22N2O. The van der Waals surface area contributed by atoms with Crippen molar-refractivity contribution in [1.82, 2.24) is 0 Å². The van der Waals surface area contributed by atoms with E-state index in [-0.39, 0.29) is 0 Å². The fourth-order valence-electron chi connectivity index (χ4n) is 3.30. The molecule has 102 valence electrons. The normalized spacial score (nSPS) is 22.8. The van der Waals surface area contributed by atoms with Gasteiger partial charge in [-0.25, -0.2) is 0 Å². The molecule has 0 spiro atoms. The summed E-state index contributed by atoms with van der Waals surface area (Å²) in [6, 6.07) is 8.58. The van der Waals surface area contributed by atoms with E-state index >= 15 is 0 Å². The number of ketones is 1. The number of carbonyl (C=O) groups is 1.